The molecule has 1 aliphatic rings. The molecule has 0 unspecified atom stereocenters. The van der Waals surface area contributed by atoms with Gasteiger partial charge in [0.2, 0.25) is 0 Å². The Kier molecular flexibility index (Phi) is 3.29. The quantitative estimate of drug-likeness (QED) is 0.547. The predicted octanol–water partition coefficient (Wildman–Crippen LogP) is 1.41. The summed E-state index contributed by atoms with van der Waals surface area (Å²) in [5, 5.41) is 12.7. The molecular weight excluding hydrogens is 154 g/mol. The Morgan fingerprint density at radius 1 is 1.17 bits per heavy atom. The van der Waals surface area contributed by atoms with Crippen LogP contribution < -0.4 is 0 Å². The van der Waals surface area contributed by atoms with Gasteiger partial charge >= 0.3 is 0 Å². The molecule has 1 rings (SSSR count). The zero-order chi connectivity index (χ0) is 8.70. The summed E-state index contributed by atoms with van der Waals surface area (Å²) in [5.74, 6) is 0. The van der Waals surface area contributed by atoms with Crippen LogP contribution >= 0.6 is 0 Å². The SMILES string of the molecule is CC1(C)CCCN([O])C1(C)C.O. The van der Waals surface area contributed by atoms with Gasteiger partial charge in [-0.3, -0.25) is 0 Å². The summed E-state index contributed by atoms with van der Waals surface area (Å²) >= 11 is 0. The third-order valence-corrected chi connectivity index (χ3v) is 3.44. The molecule has 0 aromatic rings. The van der Waals surface area contributed by atoms with E-state index in [1.807, 2.05) is 13.8 Å². The number of piperidine rings is 1. The van der Waals surface area contributed by atoms with Gasteiger partial charge in [0.05, 0.1) is 0 Å². The van der Waals surface area contributed by atoms with Gasteiger partial charge in [0.15, 0.2) is 0 Å². The topological polar surface area (TPSA) is 54.6 Å². The molecule has 0 spiro atoms. The van der Waals surface area contributed by atoms with E-state index in [1.165, 1.54) is 11.5 Å². The molecule has 1 radical (unpaired) electrons. The second-order valence-electron chi connectivity index (χ2n) is 4.65. The Morgan fingerprint density at radius 3 is 2.00 bits per heavy atom. The maximum absolute atomic E-state index is 11.4. The van der Waals surface area contributed by atoms with E-state index in [2.05, 4.69) is 13.8 Å². The fourth-order valence-corrected chi connectivity index (χ4v) is 1.59. The van der Waals surface area contributed by atoms with Crippen molar-refractivity contribution in [3.8, 4) is 0 Å². The predicted molar refractivity (Wildman–Crippen MR) is 48.1 cm³/mol. The Hall–Kier alpha value is -0.120. The highest BCUT2D eigenvalue weighted by Gasteiger charge is 2.44. The van der Waals surface area contributed by atoms with Crippen molar-refractivity contribution in [1.82, 2.24) is 5.06 Å². The van der Waals surface area contributed by atoms with E-state index >= 15 is 0 Å². The number of hydrogen-bond acceptors (Lipinski definition) is 1. The monoisotopic (exact) mass is 174 g/mol. The molecule has 0 atom stereocenters. The molecule has 1 saturated heterocycles. The van der Waals surface area contributed by atoms with Gasteiger partial charge in [0.1, 0.15) is 0 Å². The minimum Gasteiger partial charge on any atom is -0.412 e. The Balaban J connectivity index is 0.00000121. The molecule has 0 aromatic carbocycles. The first-order valence-corrected chi connectivity index (χ1v) is 4.33. The smallest absolute Gasteiger partial charge is 0.0488 e. The van der Waals surface area contributed by atoms with Gasteiger partial charge in [-0.15, -0.1) is 10.3 Å². The van der Waals surface area contributed by atoms with Gasteiger partial charge in [0, 0.05) is 12.1 Å². The summed E-state index contributed by atoms with van der Waals surface area (Å²) in [6, 6.07) is 0. The highest BCUT2D eigenvalue weighted by Crippen LogP contribution is 2.42. The second kappa shape index (κ2) is 3.32. The standard InChI is InChI=1S/C9H18NO.H2O/c1-8(2)6-5-7-10(11)9(8,3)4;/h5-7H2,1-4H3;1H2. The van der Waals surface area contributed by atoms with Crippen molar-refractivity contribution in [2.24, 2.45) is 5.41 Å². The summed E-state index contributed by atoms with van der Waals surface area (Å²) in [7, 11) is 0. The van der Waals surface area contributed by atoms with E-state index in [9.17, 15) is 5.21 Å². The summed E-state index contributed by atoms with van der Waals surface area (Å²) in [6.07, 6.45) is 2.21. The van der Waals surface area contributed by atoms with E-state index in [1.54, 1.807) is 0 Å². The summed E-state index contributed by atoms with van der Waals surface area (Å²) in [4.78, 5) is 0. The lowest BCUT2D eigenvalue weighted by Crippen LogP contribution is -2.55. The van der Waals surface area contributed by atoms with Crippen LogP contribution in [0.25, 0.3) is 0 Å². The van der Waals surface area contributed by atoms with Crippen LogP contribution in [0.3, 0.4) is 0 Å². The lowest BCUT2D eigenvalue weighted by atomic mass is 9.69. The van der Waals surface area contributed by atoms with Crippen LogP contribution in [0.5, 0.6) is 0 Å². The molecule has 0 aromatic heterocycles. The second-order valence-corrected chi connectivity index (χ2v) is 4.65. The zero-order valence-electron chi connectivity index (χ0n) is 8.48. The van der Waals surface area contributed by atoms with Crippen molar-refractivity contribution in [2.45, 2.75) is 46.1 Å². The van der Waals surface area contributed by atoms with Crippen molar-refractivity contribution < 1.29 is 10.7 Å². The molecule has 0 aliphatic carbocycles. The molecular formula is C9H20NO2. The van der Waals surface area contributed by atoms with E-state index in [4.69, 9.17) is 0 Å². The van der Waals surface area contributed by atoms with Crippen LogP contribution in [0, 0.1) is 5.41 Å². The van der Waals surface area contributed by atoms with Crippen molar-refractivity contribution in [3.05, 3.63) is 0 Å². The van der Waals surface area contributed by atoms with Gasteiger partial charge in [-0.1, -0.05) is 13.8 Å². The van der Waals surface area contributed by atoms with E-state index in [0.717, 1.165) is 6.42 Å². The maximum Gasteiger partial charge on any atom is 0.0488 e. The van der Waals surface area contributed by atoms with Crippen LogP contribution in [-0.4, -0.2) is 22.6 Å². The van der Waals surface area contributed by atoms with E-state index < -0.39 is 0 Å². The average molecular weight is 174 g/mol. The average Bonchev–Trinajstić information content (AvgIpc) is 1.84. The molecule has 1 fully saturated rings. The molecule has 2 N–H and O–H groups in total. The minimum atomic E-state index is -0.189. The lowest BCUT2D eigenvalue weighted by molar-refractivity contribution is -0.262. The number of hydroxylamine groups is 2. The molecule has 3 nitrogen and oxygen atoms in total. The number of rotatable bonds is 0. The maximum atomic E-state index is 11.4. The van der Waals surface area contributed by atoms with Gasteiger partial charge in [-0.25, -0.2) is 0 Å². The van der Waals surface area contributed by atoms with Crippen LogP contribution in [0.15, 0.2) is 0 Å². The highest BCUT2D eigenvalue weighted by atomic mass is 16.5. The largest absolute Gasteiger partial charge is 0.412 e. The fourth-order valence-electron chi connectivity index (χ4n) is 1.59. The Bertz CT molecular complexity index is 155. The van der Waals surface area contributed by atoms with Gasteiger partial charge < -0.3 is 5.48 Å². The summed E-state index contributed by atoms with van der Waals surface area (Å²) in [5.41, 5.74) is -0.0295. The number of nitrogens with zero attached hydrogens (tertiary/aromatic N) is 1. The molecule has 0 bridgehead atoms. The van der Waals surface area contributed by atoms with Crippen molar-refractivity contribution in [1.29, 1.82) is 0 Å². The van der Waals surface area contributed by atoms with Crippen LogP contribution in [-0.2, 0) is 5.21 Å². The van der Waals surface area contributed by atoms with Crippen molar-refractivity contribution in [2.75, 3.05) is 6.54 Å². The summed E-state index contributed by atoms with van der Waals surface area (Å²) in [6.45, 7) is 9.14. The first-order chi connectivity index (χ1) is 4.88. The molecule has 73 valence electrons. The lowest BCUT2D eigenvalue weighted by Gasteiger charge is -2.49. The number of hydrogen-bond donors (Lipinski definition) is 0. The van der Waals surface area contributed by atoms with E-state index in [-0.39, 0.29) is 16.4 Å². The molecule has 0 amide bonds. The van der Waals surface area contributed by atoms with Gasteiger partial charge in [0.25, 0.3) is 0 Å². The highest BCUT2D eigenvalue weighted by molar-refractivity contribution is 4.95. The molecule has 12 heavy (non-hydrogen) atoms. The molecule has 1 heterocycles. The normalized spacial score (nSPS) is 27.8. The third-order valence-electron chi connectivity index (χ3n) is 3.44. The molecule has 1 aliphatic heterocycles. The van der Waals surface area contributed by atoms with Gasteiger partial charge in [-0.2, -0.15) is 0 Å². The summed E-state index contributed by atoms with van der Waals surface area (Å²) < 4.78 is 0. The molecule has 0 saturated carbocycles. The molecule has 3 heteroatoms. The Morgan fingerprint density at radius 2 is 1.67 bits per heavy atom. The van der Waals surface area contributed by atoms with Gasteiger partial charge in [-0.05, 0) is 32.1 Å². The van der Waals surface area contributed by atoms with Crippen LogP contribution in [0.2, 0.25) is 0 Å². The van der Waals surface area contributed by atoms with Crippen LogP contribution in [0.4, 0.5) is 0 Å². The zero-order valence-corrected chi connectivity index (χ0v) is 8.48. The first-order valence-electron chi connectivity index (χ1n) is 4.33. The van der Waals surface area contributed by atoms with Crippen LogP contribution in [0.1, 0.15) is 40.5 Å². The fraction of sp³-hybridized carbons (Fsp3) is 1.00. The third kappa shape index (κ3) is 1.63. The van der Waals surface area contributed by atoms with Crippen molar-refractivity contribution >= 4 is 0 Å². The first kappa shape index (κ1) is 11.9. The van der Waals surface area contributed by atoms with E-state index in [0.29, 0.717) is 6.54 Å². The van der Waals surface area contributed by atoms with Crippen molar-refractivity contribution in [3.63, 3.8) is 0 Å². The minimum absolute atomic E-state index is 0. The Labute approximate surface area is 74.6 Å².